The monoisotopic (exact) mass is 260 g/mol. The van der Waals surface area contributed by atoms with Gasteiger partial charge < -0.3 is 5.32 Å². The van der Waals surface area contributed by atoms with Crippen LogP contribution in [0.15, 0.2) is 42.0 Å². The topological polar surface area (TPSA) is 24.9 Å². The summed E-state index contributed by atoms with van der Waals surface area (Å²) in [6.07, 6.45) is 7.20. The molecule has 0 aliphatic carbocycles. The fraction of sp³-hybridized carbons (Fsp3) is 0.400. The van der Waals surface area contributed by atoms with Gasteiger partial charge in [-0.3, -0.25) is 4.98 Å². The van der Waals surface area contributed by atoms with Crippen LogP contribution in [-0.2, 0) is 6.42 Å². The van der Waals surface area contributed by atoms with E-state index in [0.717, 1.165) is 13.0 Å². The minimum absolute atomic E-state index is 0.511. The van der Waals surface area contributed by atoms with E-state index in [9.17, 15) is 0 Å². The first-order valence-corrected chi connectivity index (χ1v) is 7.44. The molecule has 0 fully saturated rings. The first-order valence-electron chi connectivity index (χ1n) is 6.56. The summed E-state index contributed by atoms with van der Waals surface area (Å²) in [4.78, 5) is 5.49. The maximum atomic E-state index is 4.04. The van der Waals surface area contributed by atoms with Gasteiger partial charge in [0.1, 0.15) is 0 Å². The predicted octanol–water partition coefficient (Wildman–Crippen LogP) is 3.82. The molecule has 2 heterocycles. The van der Waals surface area contributed by atoms with E-state index in [1.807, 2.05) is 23.7 Å². The van der Waals surface area contributed by atoms with Crippen molar-refractivity contribution < 1.29 is 0 Å². The molecule has 1 unspecified atom stereocenters. The van der Waals surface area contributed by atoms with E-state index in [0.29, 0.717) is 6.04 Å². The molecule has 2 aromatic rings. The average molecular weight is 260 g/mol. The minimum Gasteiger partial charge on any atom is -0.309 e. The lowest BCUT2D eigenvalue weighted by atomic mass is 10.1. The second-order valence-corrected chi connectivity index (χ2v) is 5.40. The van der Waals surface area contributed by atoms with Gasteiger partial charge in [-0.1, -0.05) is 19.4 Å². The summed E-state index contributed by atoms with van der Waals surface area (Å²) in [6, 6.07) is 9.04. The van der Waals surface area contributed by atoms with E-state index in [1.54, 1.807) is 0 Å². The highest BCUT2D eigenvalue weighted by Crippen LogP contribution is 2.22. The first-order chi connectivity index (χ1) is 8.90. The van der Waals surface area contributed by atoms with Crippen LogP contribution in [0, 0.1) is 0 Å². The third-order valence-corrected chi connectivity index (χ3v) is 4.00. The van der Waals surface area contributed by atoms with E-state index in [2.05, 4.69) is 46.9 Å². The Hall–Kier alpha value is -1.19. The summed E-state index contributed by atoms with van der Waals surface area (Å²) >= 11 is 1.84. The number of nitrogens with zero attached hydrogens (tertiary/aromatic N) is 1. The molecule has 0 radical (unpaired) electrons. The standard InChI is InChI=1S/C15H20N2S/c1-2-4-14(15-5-3-12-18-15)17-11-8-13-6-9-16-10-7-13/h3,5-7,9-10,12,14,17H,2,4,8,11H2,1H3. The molecule has 0 aliphatic heterocycles. The van der Waals surface area contributed by atoms with Crippen molar-refractivity contribution in [1.82, 2.24) is 10.3 Å². The van der Waals surface area contributed by atoms with Crippen LogP contribution in [0.5, 0.6) is 0 Å². The number of thiophene rings is 1. The zero-order chi connectivity index (χ0) is 12.6. The Labute approximate surface area is 113 Å². The van der Waals surface area contributed by atoms with Gasteiger partial charge in [-0.15, -0.1) is 11.3 Å². The Morgan fingerprint density at radius 2 is 2.11 bits per heavy atom. The number of nitrogens with one attached hydrogen (secondary N) is 1. The average Bonchev–Trinajstić information content (AvgIpc) is 2.93. The summed E-state index contributed by atoms with van der Waals surface area (Å²) in [6.45, 7) is 3.26. The normalized spacial score (nSPS) is 12.5. The third-order valence-electron chi connectivity index (χ3n) is 3.02. The number of rotatable bonds is 7. The summed E-state index contributed by atoms with van der Waals surface area (Å²) in [5.41, 5.74) is 1.35. The molecule has 0 bridgehead atoms. The van der Waals surface area contributed by atoms with Crippen LogP contribution in [-0.4, -0.2) is 11.5 Å². The molecule has 18 heavy (non-hydrogen) atoms. The SMILES string of the molecule is CCCC(NCCc1ccncc1)c1cccs1. The summed E-state index contributed by atoms with van der Waals surface area (Å²) in [7, 11) is 0. The van der Waals surface area contributed by atoms with E-state index in [4.69, 9.17) is 0 Å². The quantitative estimate of drug-likeness (QED) is 0.818. The molecule has 2 aromatic heterocycles. The minimum atomic E-state index is 0.511. The van der Waals surface area contributed by atoms with Crippen molar-refractivity contribution in [2.24, 2.45) is 0 Å². The van der Waals surface area contributed by atoms with Crippen LogP contribution in [0.3, 0.4) is 0 Å². The molecule has 0 saturated carbocycles. The highest BCUT2D eigenvalue weighted by atomic mass is 32.1. The Balaban J connectivity index is 1.83. The zero-order valence-corrected chi connectivity index (χ0v) is 11.6. The molecule has 1 N–H and O–H groups in total. The Morgan fingerprint density at radius 3 is 2.78 bits per heavy atom. The lowest BCUT2D eigenvalue weighted by molar-refractivity contribution is 0.504. The van der Waals surface area contributed by atoms with Crippen LogP contribution in [0.25, 0.3) is 0 Å². The molecule has 0 saturated heterocycles. The number of aromatic nitrogens is 1. The van der Waals surface area contributed by atoms with Gasteiger partial charge in [-0.25, -0.2) is 0 Å². The molecular weight excluding hydrogens is 240 g/mol. The van der Waals surface area contributed by atoms with Crippen LogP contribution in [0.2, 0.25) is 0 Å². The van der Waals surface area contributed by atoms with Gasteiger partial charge in [0.25, 0.3) is 0 Å². The van der Waals surface area contributed by atoms with Gasteiger partial charge in [0, 0.05) is 23.3 Å². The predicted molar refractivity (Wildman–Crippen MR) is 77.9 cm³/mol. The van der Waals surface area contributed by atoms with Gasteiger partial charge in [-0.2, -0.15) is 0 Å². The lowest BCUT2D eigenvalue weighted by Gasteiger charge is -2.16. The lowest BCUT2D eigenvalue weighted by Crippen LogP contribution is -2.23. The molecule has 2 rings (SSSR count). The molecule has 3 heteroatoms. The largest absolute Gasteiger partial charge is 0.309 e. The summed E-state index contributed by atoms with van der Waals surface area (Å²) in [5.74, 6) is 0. The van der Waals surface area contributed by atoms with E-state index >= 15 is 0 Å². The molecule has 96 valence electrons. The summed E-state index contributed by atoms with van der Waals surface area (Å²) < 4.78 is 0. The number of hydrogen-bond donors (Lipinski definition) is 1. The number of pyridine rings is 1. The Bertz CT molecular complexity index is 425. The van der Waals surface area contributed by atoms with Crippen molar-refractivity contribution in [2.45, 2.75) is 32.2 Å². The van der Waals surface area contributed by atoms with Crippen molar-refractivity contribution in [1.29, 1.82) is 0 Å². The van der Waals surface area contributed by atoms with E-state index in [-0.39, 0.29) is 0 Å². The van der Waals surface area contributed by atoms with Crippen LogP contribution in [0.1, 0.15) is 36.2 Å². The fourth-order valence-corrected chi connectivity index (χ4v) is 2.90. The Morgan fingerprint density at radius 1 is 1.28 bits per heavy atom. The molecule has 0 aromatic carbocycles. The molecule has 0 spiro atoms. The van der Waals surface area contributed by atoms with Crippen molar-refractivity contribution in [3.8, 4) is 0 Å². The molecule has 0 aliphatic rings. The van der Waals surface area contributed by atoms with Gasteiger partial charge in [-0.05, 0) is 48.5 Å². The Kier molecular flexibility index (Phi) is 5.36. The molecule has 2 nitrogen and oxygen atoms in total. The maximum absolute atomic E-state index is 4.04. The zero-order valence-electron chi connectivity index (χ0n) is 10.8. The van der Waals surface area contributed by atoms with Gasteiger partial charge in [0.15, 0.2) is 0 Å². The number of hydrogen-bond acceptors (Lipinski definition) is 3. The first kappa shape index (κ1) is 13.2. The van der Waals surface area contributed by atoms with Gasteiger partial charge in [0.05, 0.1) is 0 Å². The molecule has 1 atom stereocenters. The van der Waals surface area contributed by atoms with Crippen LogP contribution >= 0.6 is 11.3 Å². The van der Waals surface area contributed by atoms with Crippen molar-refractivity contribution in [3.05, 3.63) is 52.5 Å². The second-order valence-electron chi connectivity index (χ2n) is 4.42. The van der Waals surface area contributed by atoms with E-state index < -0.39 is 0 Å². The van der Waals surface area contributed by atoms with Crippen molar-refractivity contribution in [2.75, 3.05) is 6.54 Å². The highest BCUT2D eigenvalue weighted by molar-refractivity contribution is 7.10. The van der Waals surface area contributed by atoms with Crippen LogP contribution in [0.4, 0.5) is 0 Å². The summed E-state index contributed by atoms with van der Waals surface area (Å²) in [5, 5.41) is 5.82. The van der Waals surface area contributed by atoms with Gasteiger partial charge in [0.2, 0.25) is 0 Å². The molecule has 0 amide bonds. The second kappa shape index (κ2) is 7.29. The van der Waals surface area contributed by atoms with E-state index in [1.165, 1.54) is 23.3 Å². The molecular formula is C15H20N2S. The third kappa shape index (κ3) is 3.93. The maximum Gasteiger partial charge on any atom is 0.0414 e. The van der Waals surface area contributed by atoms with Crippen LogP contribution < -0.4 is 5.32 Å². The fourth-order valence-electron chi connectivity index (χ4n) is 2.06. The van der Waals surface area contributed by atoms with Crippen molar-refractivity contribution in [3.63, 3.8) is 0 Å². The smallest absolute Gasteiger partial charge is 0.0414 e. The van der Waals surface area contributed by atoms with Crippen molar-refractivity contribution >= 4 is 11.3 Å². The highest BCUT2D eigenvalue weighted by Gasteiger charge is 2.10. The van der Waals surface area contributed by atoms with Gasteiger partial charge >= 0.3 is 0 Å².